The highest BCUT2D eigenvalue weighted by Gasteiger charge is 2.38. The number of aliphatic hydroxyl groups excluding tert-OH is 1. The second kappa shape index (κ2) is 8.65. The lowest BCUT2D eigenvalue weighted by Crippen LogP contribution is -2.36. The maximum atomic E-state index is 10.6. The van der Waals surface area contributed by atoms with Crippen LogP contribution in [0.25, 0.3) is 0 Å². The number of aliphatic hydroxyl groups is 1. The molecular formula is C16H20F3N3O3S. The van der Waals surface area contributed by atoms with Gasteiger partial charge in [0.25, 0.3) is 0 Å². The van der Waals surface area contributed by atoms with E-state index in [2.05, 4.69) is 26.8 Å². The fraction of sp³-hybridized carbons (Fsp3) is 0.500. The van der Waals surface area contributed by atoms with E-state index in [1.807, 2.05) is 24.1 Å². The maximum Gasteiger partial charge on any atom is 0.490 e. The zero-order chi connectivity index (χ0) is 19.3. The molecule has 2 aromatic heterocycles. The number of nitrogens with zero attached hydrogens (tertiary/aromatic N) is 3. The fourth-order valence-corrected chi connectivity index (χ4v) is 3.46. The summed E-state index contributed by atoms with van der Waals surface area (Å²) >= 11 is 1.73. The van der Waals surface area contributed by atoms with Crippen molar-refractivity contribution >= 4 is 17.3 Å². The summed E-state index contributed by atoms with van der Waals surface area (Å²) in [5.41, 5.74) is 2.54. The van der Waals surface area contributed by atoms with E-state index in [4.69, 9.17) is 9.90 Å². The second-order valence-electron chi connectivity index (χ2n) is 6.05. The van der Waals surface area contributed by atoms with Crippen molar-refractivity contribution in [3.63, 3.8) is 0 Å². The number of rotatable bonds is 4. The first-order chi connectivity index (χ1) is 12.2. The van der Waals surface area contributed by atoms with E-state index in [0.717, 1.165) is 25.9 Å². The molecule has 0 spiro atoms. The highest BCUT2D eigenvalue weighted by atomic mass is 32.1. The largest absolute Gasteiger partial charge is 0.490 e. The fourth-order valence-electron chi connectivity index (χ4n) is 2.80. The van der Waals surface area contributed by atoms with Crippen LogP contribution in [0.15, 0.2) is 29.2 Å². The Kier molecular flexibility index (Phi) is 6.79. The van der Waals surface area contributed by atoms with Crippen molar-refractivity contribution in [3.8, 4) is 0 Å². The second-order valence-corrected chi connectivity index (χ2v) is 6.83. The minimum Gasteiger partial charge on any atom is -0.475 e. The summed E-state index contributed by atoms with van der Waals surface area (Å²) in [5, 5.41) is 25.8. The van der Waals surface area contributed by atoms with Crippen molar-refractivity contribution in [2.45, 2.75) is 37.7 Å². The summed E-state index contributed by atoms with van der Waals surface area (Å²) in [6.07, 6.45) is 0.370. The normalized spacial score (nSPS) is 20.7. The van der Waals surface area contributed by atoms with Crippen molar-refractivity contribution in [2.24, 2.45) is 7.05 Å². The van der Waals surface area contributed by atoms with Gasteiger partial charge in [-0.1, -0.05) is 0 Å². The highest BCUT2D eigenvalue weighted by Crippen LogP contribution is 2.24. The van der Waals surface area contributed by atoms with Crippen LogP contribution in [-0.4, -0.2) is 55.7 Å². The Hall–Kier alpha value is -1.91. The zero-order valence-corrected chi connectivity index (χ0v) is 14.9. The molecule has 10 heteroatoms. The van der Waals surface area contributed by atoms with Crippen LogP contribution in [-0.2, 0) is 24.8 Å². The van der Waals surface area contributed by atoms with E-state index >= 15 is 0 Å². The lowest BCUT2D eigenvalue weighted by molar-refractivity contribution is -0.192. The Morgan fingerprint density at radius 2 is 2.12 bits per heavy atom. The molecule has 144 valence electrons. The number of carboxylic acids is 1. The molecule has 3 rings (SSSR count). The summed E-state index contributed by atoms with van der Waals surface area (Å²) < 4.78 is 33.6. The van der Waals surface area contributed by atoms with Gasteiger partial charge in [-0.2, -0.15) is 29.6 Å². The van der Waals surface area contributed by atoms with Crippen LogP contribution in [0, 0.1) is 0 Å². The van der Waals surface area contributed by atoms with E-state index < -0.39 is 12.1 Å². The first-order valence-corrected chi connectivity index (χ1v) is 8.82. The van der Waals surface area contributed by atoms with Gasteiger partial charge in [0.2, 0.25) is 0 Å². The molecule has 6 nitrogen and oxygen atoms in total. The zero-order valence-electron chi connectivity index (χ0n) is 14.1. The predicted octanol–water partition coefficient (Wildman–Crippen LogP) is 2.29. The number of likely N-dealkylation sites (tertiary alicyclic amines) is 1. The van der Waals surface area contributed by atoms with Crippen LogP contribution in [0.4, 0.5) is 13.2 Å². The van der Waals surface area contributed by atoms with Gasteiger partial charge in [0.05, 0.1) is 12.3 Å². The quantitative estimate of drug-likeness (QED) is 0.836. The van der Waals surface area contributed by atoms with Crippen LogP contribution in [0.2, 0.25) is 0 Å². The van der Waals surface area contributed by atoms with Gasteiger partial charge in [0.1, 0.15) is 0 Å². The van der Waals surface area contributed by atoms with Gasteiger partial charge in [0, 0.05) is 32.4 Å². The Bertz CT molecular complexity index is 703. The van der Waals surface area contributed by atoms with Crippen LogP contribution in [0.5, 0.6) is 0 Å². The van der Waals surface area contributed by atoms with E-state index in [-0.39, 0.29) is 12.1 Å². The number of carboxylic acid groups (broad SMARTS) is 1. The van der Waals surface area contributed by atoms with E-state index in [0.29, 0.717) is 0 Å². The first kappa shape index (κ1) is 20.4. The number of aryl methyl sites for hydroxylation is 1. The molecule has 2 aromatic rings. The lowest BCUT2D eigenvalue weighted by atomic mass is 10.0. The minimum absolute atomic E-state index is 0.212. The van der Waals surface area contributed by atoms with Crippen molar-refractivity contribution in [1.29, 1.82) is 0 Å². The third-order valence-corrected chi connectivity index (χ3v) is 4.77. The van der Waals surface area contributed by atoms with E-state index in [1.165, 1.54) is 11.1 Å². The van der Waals surface area contributed by atoms with Gasteiger partial charge in [-0.3, -0.25) is 9.58 Å². The van der Waals surface area contributed by atoms with Crippen molar-refractivity contribution < 1.29 is 28.2 Å². The van der Waals surface area contributed by atoms with E-state index in [9.17, 15) is 18.3 Å². The number of aromatic nitrogens is 2. The topological polar surface area (TPSA) is 78.6 Å². The number of hydrogen-bond acceptors (Lipinski definition) is 5. The van der Waals surface area contributed by atoms with Crippen LogP contribution in [0.1, 0.15) is 17.5 Å². The average Bonchev–Trinajstić information content (AvgIpc) is 3.26. The molecule has 1 aliphatic rings. The summed E-state index contributed by atoms with van der Waals surface area (Å²) in [6, 6.07) is 2.38. The molecule has 0 aromatic carbocycles. The van der Waals surface area contributed by atoms with Gasteiger partial charge < -0.3 is 10.2 Å². The summed E-state index contributed by atoms with van der Waals surface area (Å²) in [5.74, 6) is -2.76. The number of carbonyl (C=O) groups is 1. The average molecular weight is 391 g/mol. The lowest BCUT2D eigenvalue weighted by Gasteiger charge is -2.25. The van der Waals surface area contributed by atoms with Gasteiger partial charge in [-0.15, -0.1) is 0 Å². The number of hydrogen-bond donors (Lipinski definition) is 2. The SMILES string of the molecule is Cn1cc(C[C@H]2[C@H](O)CCN2Cc2ccsc2)cn1.O=C(O)C(F)(F)F. The van der Waals surface area contributed by atoms with Crippen LogP contribution >= 0.6 is 11.3 Å². The standard InChI is InChI=1S/C14H19N3OS.C2HF3O2/c1-16-8-12(7-15-16)6-13-14(18)2-4-17(13)9-11-3-5-19-10-11;3-2(4,5)1(6)7/h3,5,7-8,10,13-14,18H,2,4,6,9H2,1H3;(H,6,7)/t13-,14+;/m0./s1. The summed E-state index contributed by atoms with van der Waals surface area (Å²) in [6.45, 7) is 1.91. The van der Waals surface area contributed by atoms with Crippen LogP contribution < -0.4 is 0 Å². The maximum absolute atomic E-state index is 10.6. The highest BCUT2D eigenvalue weighted by molar-refractivity contribution is 7.07. The summed E-state index contributed by atoms with van der Waals surface area (Å²) in [7, 11) is 1.93. The van der Waals surface area contributed by atoms with Gasteiger partial charge in [-0.05, 0) is 40.8 Å². The Morgan fingerprint density at radius 3 is 2.62 bits per heavy atom. The molecular weight excluding hydrogens is 371 g/mol. The molecule has 1 aliphatic heterocycles. The molecule has 26 heavy (non-hydrogen) atoms. The molecule has 0 saturated carbocycles. The molecule has 3 heterocycles. The number of thiophene rings is 1. The molecule has 1 saturated heterocycles. The molecule has 0 unspecified atom stereocenters. The molecule has 0 radical (unpaired) electrons. The van der Waals surface area contributed by atoms with Gasteiger partial charge >= 0.3 is 12.1 Å². The number of halogens is 3. The molecule has 2 N–H and O–H groups in total. The molecule has 0 aliphatic carbocycles. The minimum atomic E-state index is -5.08. The third kappa shape index (κ3) is 5.82. The van der Waals surface area contributed by atoms with E-state index in [1.54, 1.807) is 11.3 Å². The van der Waals surface area contributed by atoms with Crippen molar-refractivity contribution in [3.05, 3.63) is 40.3 Å². The molecule has 0 bridgehead atoms. The molecule has 0 amide bonds. The number of aliphatic carboxylic acids is 1. The van der Waals surface area contributed by atoms with Gasteiger partial charge in [-0.25, -0.2) is 4.79 Å². The van der Waals surface area contributed by atoms with Crippen LogP contribution in [0.3, 0.4) is 0 Å². The monoisotopic (exact) mass is 391 g/mol. The van der Waals surface area contributed by atoms with Crippen molar-refractivity contribution in [2.75, 3.05) is 6.54 Å². The number of alkyl halides is 3. The Labute approximate surface area is 152 Å². The third-order valence-electron chi connectivity index (χ3n) is 4.04. The van der Waals surface area contributed by atoms with Gasteiger partial charge in [0.15, 0.2) is 0 Å². The molecule has 2 atom stereocenters. The smallest absolute Gasteiger partial charge is 0.475 e. The summed E-state index contributed by atoms with van der Waals surface area (Å²) in [4.78, 5) is 11.3. The first-order valence-electron chi connectivity index (χ1n) is 7.87. The molecule has 1 fully saturated rings. The Morgan fingerprint density at radius 1 is 1.42 bits per heavy atom. The Balaban J connectivity index is 0.000000298. The predicted molar refractivity (Wildman–Crippen MR) is 89.7 cm³/mol. The van der Waals surface area contributed by atoms with Crippen molar-refractivity contribution in [1.82, 2.24) is 14.7 Å².